The van der Waals surface area contributed by atoms with Crippen molar-refractivity contribution in [3.63, 3.8) is 0 Å². The van der Waals surface area contributed by atoms with E-state index >= 15 is 0 Å². The Labute approximate surface area is 91.3 Å². The van der Waals surface area contributed by atoms with Gasteiger partial charge in [0.15, 0.2) is 5.65 Å². The third-order valence-corrected chi connectivity index (χ3v) is 2.86. The Hall–Kier alpha value is -0.870. The number of nitrogens with one attached hydrogen (secondary N) is 1. The van der Waals surface area contributed by atoms with Crippen LogP contribution in [0.2, 0.25) is 0 Å². The van der Waals surface area contributed by atoms with Gasteiger partial charge in [0.2, 0.25) is 0 Å². The number of pyridine rings is 1. The lowest BCUT2D eigenvalue weighted by Crippen LogP contribution is -2.08. The molecule has 2 heterocycles. The molecule has 14 heavy (non-hydrogen) atoms. The van der Waals surface area contributed by atoms with Crippen LogP contribution in [-0.2, 0) is 6.54 Å². The zero-order valence-electron chi connectivity index (χ0n) is 8.21. The minimum atomic E-state index is 0.837. The Morgan fingerprint density at radius 2 is 2.36 bits per heavy atom. The van der Waals surface area contributed by atoms with Crippen LogP contribution in [0.3, 0.4) is 0 Å². The minimum absolute atomic E-state index is 0.837. The molecule has 0 aromatic carbocycles. The molecule has 2 aromatic rings. The largest absolute Gasteiger partial charge is 0.314 e. The molecule has 0 aliphatic rings. The molecule has 0 aliphatic heterocycles. The summed E-state index contributed by atoms with van der Waals surface area (Å²) in [6.07, 6.45) is 2.03. The van der Waals surface area contributed by atoms with Crippen LogP contribution in [-0.4, -0.2) is 16.4 Å². The quantitative estimate of drug-likeness (QED) is 0.889. The van der Waals surface area contributed by atoms with Crippen LogP contribution in [0.25, 0.3) is 5.65 Å². The maximum absolute atomic E-state index is 4.51. The molecule has 0 atom stereocenters. The summed E-state index contributed by atoms with van der Waals surface area (Å²) >= 11 is 3.49. The first kappa shape index (κ1) is 9.68. The van der Waals surface area contributed by atoms with Gasteiger partial charge in [-0.1, -0.05) is 0 Å². The van der Waals surface area contributed by atoms with Gasteiger partial charge in [-0.05, 0) is 42.0 Å². The van der Waals surface area contributed by atoms with Gasteiger partial charge in [0.25, 0.3) is 0 Å². The molecule has 1 N–H and O–H groups in total. The van der Waals surface area contributed by atoms with Crippen molar-refractivity contribution >= 4 is 21.6 Å². The van der Waals surface area contributed by atoms with Crippen molar-refractivity contribution in [2.45, 2.75) is 13.5 Å². The smallest absolute Gasteiger partial charge is 0.151 e. The van der Waals surface area contributed by atoms with Crippen molar-refractivity contribution in [3.8, 4) is 0 Å². The van der Waals surface area contributed by atoms with Gasteiger partial charge in [0, 0.05) is 12.7 Å². The average molecular weight is 254 g/mol. The van der Waals surface area contributed by atoms with Gasteiger partial charge >= 0.3 is 0 Å². The number of rotatable bonds is 2. The lowest BCUT2D eigenvalue weighted by Gasteiger charge is -2.01. The van der Waals surface area contributed by atoms with Gasteiger partial charge in [0.1, 0.15) is 0 Å². The number of fused-ring (bicyclic) bond motifs is 1. The van der Waals surface area contributed by atoms with E-state index in [0.29, 0.717) is 0 Å². The Bertz CT molecular complexity index is 462. The Morgan fingerprint density at radius 1 is 1.57 bits per heavy atom. The number of hydrogen-bond donors (Lipinski definition) is 1. The molecule has 0 unspecified atom stereocenters. The molecule has 0 bridgehead atoms. The summed E-state index contributed by atoms with van der Waals surface area (Å²) < 4.78 is 3.14. The molecule has 0 saturated carbocycles. The van der Waals surface area contributed by atoms with Crippen LogP contribution in [0.5, 0.6) is 0 Å². The topological polar surface area (TPSA) is 29.3 Å². The summed E-state index contributed by atoms with van der Waals surface area (Å²) in [5.41, 5.74) is 3.27. The number of halogens is 1. The highest BCUT2D eigenvalue weighted by atomic mass is 79.9. The highest BCUT2D eigenvalue weighted by Crippen LogP contribution is 2.19. The van der Waals surface area contributed by atoms with Crippen LogP contribution in [0, 0.1) is 6.92 Å². The molecule has 0 spiro atoms. The lowest BCUT2D eigenvalue weighted by molar-refractivity contribution is 0.775. The van der Waals surface area contributed by atoms with E-state index in [9.17, 15) is 0 Å². The fourth-order valence-corrected chi connectivity index (χ4v) is 2.01. The van der Waals surface area contributed by atoms with Crippen LogP contribution in [0.4, 0.5) is 0 Å². The molecule has 0 amide bonds. The van der Waals surface area contributed by atoms with Crippen molar-refractivity contribution in [2.75, 3.05) is 7.05 Å². The highest BCUT2D eigenvalue weighted by Gasteiger charge is 2.08. The van der Waals surface area contributed by atoms with E-state index in [1.807, 2.05) is 32.3 Å². The third kappa shape index (κ3) is 1.44. The van der Waals surface area contributed by atoms with Crippen molar-refractivity contribution < 1.29 is 0 Å². The maximum atomic E-state index is 4.51. The second kappa shape index (κ2) is 3.71. The van der Waals surface area contributed by atoms with E-state index in [1.54, 1.807) is 0 Å². The summed E-state index contributed by atoms with van der Waals surface area (Å²) in [4.78, 5) is 4.51. The second-order valence-electron chi connectivity index (χ2n) is 3.22. The highest BCUT2D eigenvalue weighted by molar-refractivity contribution is 9.10. The summed E-state index contributed by atoms with van der Waals surface area (Å²) in [6, 6.07) is 4.02. The van der Waals surface area contributed by atoms with Crippen LogP contribution in [0.1, 0.15) is 11.4 Å². The Kier molecular flexibility index (Phi) is 2.56. The summed E-state index contributed by atoms with van der Waals surface area (Å²) in [6.45, 7) is 2.87. The summed E-state index contributed by atoms with van der Waals surface area (Å²) in [5.74, 6) is 0. The first-order valence-corrected chi connectivity index (χ1v) is 5.30. The number of nitrogens with zero attached hydrogens (tertiary/aromatic N) is 2. The molecule has 74 valence electrons. The first-order valence-electron chi connectivity index (χ1n) is 4.50. The van der Waals surface area contributed by atoms with E-state index < -0.39 is 0 Å². The van der Waals surface area contributed by atoms with E-state index in [2.05, 4.69) is 30.6 Å². The Balaban J connectivity index is 2.70. The zero-order chi connectivity index (χ0) is 10.1. The molecule has 2 rings (SSSR count). The van der Waals surface area contributed by atoms with E-state index in [0.717, 1.165) is 22.4 Å². The van der Waals surface area contributed by atoms with E-state index in [4.69, 9.17) is 0 Å². The fourth-order valence-electron chi connectivity index (χ4n) is 1.58. The molecule has 0 radical (unpaired) electrons. The van der Waals surface area contributed by atoms with E-state index in [1.165, 1.54) is 5.69 Å². The van der Waals surface area contributed by atoms with Gasteiger partial charge in [-0.2, -0.15) is 0 Å². The molecule has 0 fully saturated rings. The third-order valence-electron chi connectivity index (χ3n) is 2.25. The van der Waals surface area contributed by atoms with Gasteiger partial charge in [0.05, 0.1) is 15.9 Å². The lowest BCUT2D eigenvalue weighted by atomic mass is 10.3. The van der Waals surface area contributed by atoms with Crippen molar-refractivity contribution in [1.29, 1.82) is 0 Å². The van der Waals surface area contributed by atoms with Gasteiger partial charge in [-0.3, -0.25) is 0 Å². The fraction of sp³-hybridized carbons (Fsp3) is 0.300. The standard InChI is InChI=1S/C10H12BrN3/c1-7-9(6-12-2)14-5-3-4-8(11)10(14)13-7/h3-5,12H,6H2,1-2H3. The van der Waals surface area contributed by atoms with Crippen LogP contribution >= 0.6 is 15.9 Å². The summed E-state index contributed by atoms with van der Waals surface area (Å²) in [5, 5.41) is 3.15. The maximum Gasteiger partial charge on any atom is 0.151 e. The number of hydrogen-bond acceptors (Lipinski definition) is 2. The van der Waals surface area contributed by atoms with Crippen LogP contribution < -0.4 is 5.32 Å². The Morgan fingerprint density at radius 3 is 3.07 bits per heavy atom. The monoisotopic (exact) mass is 253 g/mol. The van der Waals surface area contributed by atoms with Crippen molar-refractivity contribution in [3.05, 3.63) is 34.2 Å². The number of aromatic nitrogens is 2. The molecule has 2 aromatic heterocycles. The second-order valence-corrected chi connectivity index (χ2v) is 4.08. The molecular weight excluding hydrogens is 242 g/mol. The molecular formula is C10H12BrN3. The van der Waals surface area contributed by atoms with Gasteiger partial charge < -0.3 is 9.72 Å². The molecule has 4 heteroatoms. The average Bonchev–Trinajstić information content (AvgIpc) is 2.47. The minimum Gasteiger partial charge on any atom is -0.314 e. The van der Waals surface area contributed by atoms with Gasteiger partial charge in [-0.15, -0.1) is 0 Å². The van der Waals surface area contributed by atoms with Gasteiger partial charge in [-0.25, -0.2) is 4.98 Å². The molecule has 0 saturated heterocycles. The van der Waals surface area contributed by atoms with Crippen molar-refractivity contribution in [1.82, 2.24) is 14.7 Å². The predicted molar refractivity (Wildman–Crippen MR) is 60.4 cm³/mol. The first-order chi connectivity index (χ1) is 6.74. The zero-order valence-corrected chi connectivity index (χ0v) is 9.80. The normalized spacial score (nSPS) is 11.1. The summed E-state index contributed by atoms with van der Waals surface area (Å²) in [7, 11) is 1.94. The molecule has 3 nitrogen and oxygen atoms in total. The number of aryl methyl sites for hydroxylation is 1. The van der Waals surface area contributed by atoms with E-state index in [-0.39, 0.29) is 0 Å². The molecule has 0 aliphatic carbocycles. The SMILES string of the molecule is CNCc1c(C)nc2c(Br)cccn12. The predicted octanol–water partition coefficient (Wildman–Crippen LogP) is 2.12. The number of imidazole rings is 1. The van der Waals surface area contributed by atoms with Crippen LogP contribution in [0.15, 0.2) is 22.8 Å². The van der Waals surface area contributed by atoms with Crippen molar-refractivity contribution in [2.24, 2.45) is 0 Å².